The van der Waals surface area contributed by atoms with Gasteiger partial charge in [-0.3, -0.25) is 0 Å². The standard InChI is InChI=1S/C16H18N2O2.ClH/c19-16(18-10-8-17-9-11-18)20-12-14-6-3-5-13-4-1-2-7-15(13)14;/h1-7,17H,8-12H2;1H. The van der Waals surface area contributed by atoms with Gasteiger partial charge >= 0.3 is 6.09 Å². The molecule has 2 aromatic rings. The molecule has 0 saturated carbocycles. The molecule has 5 heteroatoms. The first-order valence-electron chi connectivity index (χ1n) is 6.94. The van der Waals surface area contributed by atoms with E-state index in [9.17, 15) is 4.79 Å². The molecule has 0 atom stereocenters. The molecule has 4 nitrogen and oxygen atoms in total. The van der Waals surface area contributed by atoms with Crippen LogP contribution < -0.4 is 5.32 Å². The second-order valence-corrected chi connectivity index (χ2v) is 4.93. The zero-order valence-electron chi connectivity index (χ0n) is 11.7. The first-order valence-corrected chi connectivity index (χ1v) is 6.94. The number of carbonyl (C=O) groups is 1. The van der Waals surface area contributed by atoms with Crippen LogP contribution in [0.2, 0.25) is 0 Å². The normalized spacial score (nSPS) is 14.6. The van der Waals surface area contributed by atoms with Crippen molar-refractivity contribution in [1.82, 2.24) is 10.2 Å². The molecule has 1 fully saturated rings. The summed E-state index contributed by atoms with van der Waals surface area (Å²) in [5.74, 6) is 0. The Labute approximate surface area is 130 Å². The molecule has 1 amide bonds. The molecule has 0 radical (unpaired) electrons. The van der Waals surface area contributed by atoms with Crippen molar-refractivity contribution < 1.29 is 9.53 Å². The Kier molecular flexibility index (Phi) is 5.42. The molecule has 1 aliphatic heterocycles. The number of nitrogens with zero attached hydrogens (tertiary/aromatic N) is 1. The predicted molar refractivity (Wildman–Crippen MR) is 85.8 cm³/mol. The van der Waals surface area contributed by atoms with E-state index < -0.39 is 0 Å². The lowest BCUT2D eigenvalue weighted by molar-refractivity contribution is 0.0922. The number of piperazine rings is 1. The molecule has 112 valence electrons. The van der Waals surface area contributed by atoms with Gasteiger partial charge in [0.05, 0.1) is 0 Å². The van der Waals surface area contributed by atoms with Crippen LogP contribution in [0.25, 0.3) is 10.8 Å². The molecule has 3 rings (SSSR count). The predicted octanol–water partition coefficient (Wildman–Crippen LogP) is 2.80. The van der Waals surface area contributed by atoms with Gasteiger partial charge in [-0.15, -0.1) is 12.4 Å². The highest BCUT2D eigenvalue weighted by Gasteiger charge is 2.17. The Morgan fingerprint density at radius 2 is 1.81 bits per heavy atom. The van der Waals surface area contributed by atoms with Crippen molar-refractivity contribution in [1.29, 1.82) is 0 Å². The first-order chi connectivity index (χ1) is 9.84. The van der Waals surface area contributed by atoms with Crippen LogP contribution in [0.4, 0.5) is 4.79 Å². The van der Waals surface area contributed by atoms with Crippen molar-refractivity contribution in [3.05, 3.63) is 48.0 Å². The topological polar surface area (TPSA) is 41.6 Å². The molecule has 1 heterocycles. The number of benzene rings is 2. The molecule has 1 N–H and O–H groups in total. The largest absolute Gasteiger partial charge is 0.445 e. The highest BCUT2D eigenvalue weighted by Crippen LogP contribution is 2.19. The van der Waals surface area contributed by atoms with Crippen molar-refractivity contribution in [2.75, 3.05) is 26.2 Å². The summed E-state index contributed by atoms with van der Waals surface area (Å²) in [6.07, 6.45) is -0.223. The smallest absolute Gasteiger partial charge is 0.410 e. The molecular formula is C16H19ClN2O2. The van der Waals surface area contributed by atoms with Crippen LogP contribution in [0.5, 0.6) is 0 Å². The lowest BCUT2D eigenvalue weighted by atomic mass is 10.1. The van der Waals surface area contributed by atoms with Crippen LogP contribution in [0, 0.1) is 0 Å². The second kappa shape index (κ2) is 7.29. The summed E-state index contributed by atoms with van der Waals surface area (Å²) in [7, 11) is 0. The third-order valence-corrected chi connectivity index (χ3v) is 3.61. The number of hydrogen-bond acceptors (Lipinski definition) is 3. The Morgan fingerprint density at radius 1 is 1.10 bits per heavy atom. The Balaban J connectivity index is 0.00000161. The summed E-state index contributed by atoms with van der Waals surface area (Å²) in [5, 5.41) is 5.53. The maximum Gasteiger partial charge on any atom is 0.410 e. The van der Waals surface area contributed by atoms with Crippen LogP contribution in [-0.4, -0.2) is 37.2 Å². The summed E-state index contributed by atoms with van der Waals surface area (Å²) in [5.41, 5.74) is 1.05. The van der Waals surface area contributed by atoms with E-state index in [2.05, 4.69) is 23.5 Å². The molecule has 2 aromatic carbocycles. The van der Waals surface area contributed by atoms with Gasteiger partial charge in [-0.1, -0.05) is 42.5 Å². The Bertz CT molecular complexity index is 607. The fourth-order valence-corrected chi connectivity index (χ4v) is 2.50. The summed E-state index contributed by atoms with van der Waals surface area (Å²) in [4.78, 5) is 13.7. The van der Waals surface area contributed by atoms with E-state index in [1.807, 2.05) is 24.3 Å². The zero-order valence-corrected chi connectivity index (χ0v) is 12.6. The van der Waals surface area contributed by atoms with Gasteiger partial charge in [0.25, 0.3) is 0 Å². The maximum atomic E-state index is 12.0. The minimum atomic E-state index is -0.223. The van der Waals surface area contributed by atoms with E-state index >= 15 is 0 Å². The number of rotatable bonds is 2. The summed E-state index contributed by atoms with van der Waals surface area (Å²) in [6, 6.07) is 14.2. The van der Waals surface area contributed by atoms with Crippen molar-refractivity contribution >= 4 is 29.3 Å². The average molecular weight is 307 g/mol. The van der Waals surface area contributed by atoms with E-state index in [1.54, 1.807) is 4.90 Å². The maximum absolute atomic E-state index is 12.0. The van der Waals surface area contributed by atoms with Crippen molar-refractivity contribution in [3.63, 3.8) is 0 Å². The number of nitrogens with one attached hydrogen (secondary N) is 1. The highest BCUT2D eigenvalue weighted by atomic mass is 35.5. The number of fused-ring (bicyclic) bond motifs is 1. The minimum Gasteiger partial charge on any atom is -0.445 e. The van der Waals surface area contributed by atoms with Crippen LogP contribution in [0.1, 0.15) is 5.56 Å². The van der Waals surface area contributed by atoms with Gasteiger partial charge in [0.1, 0.15) is 6.61 Å². The fraction of sp³-hybridized carbons (Fsp3) is 0.312. The molecule has 21 heavy (non-hydrogen) atoms. The van der Waals surface area contributed by atoms with Gasteiger partial charge in [0, 0.05) is 26.2 Å². The van der Waals surface area contributed by atoms with Crippen molar-refractivity contribution in [2.24, 2.45) is 0 Å². The monoisotopic (exact) mass is 306 g/mol. The Morgan fingerprint density at radius 3 is 2.62 bits per heavy atom. The van der Waals surface area contributed by atoms with Gasteiger partial charge in [0.2, 0.25) is 0 Å². The minimum absolute atomic E-state index is 0. The van der Waals surface area contributed by atoms with Gasteiger partial charge in [-0.25, -0.2) is 4.79 Å². The first kappa shape index (κ1) is 15.6. The van der Waals surface area contributed by atoms with Crippen LogP contribution >= 0.6 is 12.4 Å². The van der Waals surface area contributed by atoms with E-state index in [1.165, 1.54) is 5.39 Å². The van der Waals surface area contributed by atoms with Gasteiger partial charge in [-0.2, -0.15) is 0 Å². The summed E-state index contributed by atoms with van der Waals surface area (Å²) >= 11 is 0. The van der Waals surface area contributed by atoms with E-state index in [0.717, 1.165) is 24.0 Å². The third kappa shape index (κ3) is 3.65. The highest BCUT2D eigenvalue weighted by molar-refractivity contribution is 5.86. The molecule has 0 unspecified atom stereocenters. The summed E-state index contributed by atoms with van der Waals surface area (Å²) < 4.78 is 5.43. The quantitative estimate of drug-likeness (QED) is 0.927. The molecule has 0 aromatic heterocycles. The molecular weight excluding hydrogens is 288 g/mol. The van der Waals surface area contributed by atoms with Crippen molar-refractivity contribution in [3.8, 4) is 0 Å². The van der Waals surface area contributed by atoms with Gasteiger partial charge < -0.3 is 15.0 Å². The van der Waals surface area contributed by atoms with E-state index in [-0.39, 0.29) is 18.5 Å². The molecule has 0 aliphatic carbocycles. The number of hydrogen-bond donors (Lipinski definition) is 1. The Hall–Kier alpha value is -1.78. The number of carbonyl (C=O) groups excluding carboxylic acids is 1. The molecule has 0 bridgehead atoms. The molecule has 1 aliphatic rings. The van der Waals surface area contributed by atoms with Crippen molar-refractivity contribution in [2.45, 2.75) is 6.61 Å². The molecule has 1 saturated heterocycles. The second-order valence-electron chi connectivity index (χ2n) is 4.93. The third-order valence-electron chi connectivity index (χ3n) is 3.61. The number of ether oxygens (including phenoxy) is 1. The van der Waals surface area contributed by atoms with Gasteiger partial charge in [-0.05, 0) is 16.3 Å². The van der Waals surface area contributed by atoms with E-state index in [0.29, 0.717) is 19.7 Å². The molecule has 0 spiro atoms. The number of halogens is 1. The fourth-order valence-electron chi connectivity index (χ4n) is 2.50. The zero-order chi connectivity index (χ0) is 13.8. The van der Waals surface area contributed by atoms with Crippen LogP contribution in [-0.2, 0) is 11.3 Å². The van der Waals surface area contributed by atoms with Crippen LogP contribution in [0.15, 0.2) is 42.5 Å². The lowest BCUT2D eigenvalue weighted by Gasteiger charge is -2.26. The van der Waals surface area contributed by atoms with Gasteiger partial charge in [0.15, 0.2) is 0 Å². The average Bonchev–Trinajstić information content (AvgIpc) is 2.53. The van der Waals surface area contributed by atoms with E-state index in [4.69, 9.17) is 4.74 Å². The number of amides is 1. The van der Waals surface area contributed by atoms with Crippen LogP contribution in [0.3, 0.4) is 0 Å². The SMILES string of the molecule is Cl.O=C(OCc1cccc2ccccc12)N1CCNCC1. The lowest BCUT2D eigenvalue weighted by Crippen LogP contribution is -2.46. The summed E-state index contributed by atoms with van der Waals surface area (Å²) in [6.45, 7) is 3.43.